The molecule has 3 aromatic carbocycles. The predicted molar refractivity (Wildman–Crippen MR) is 161 cm³/mol. The van der Waals surface area contributed by atoms with Crippen LogP contribution in [0.1, 0.15) is 40.8 Å². The normalized spacial score (nSPS) is 15.0. The molecule has 5 rings (SSSR count). The van der Waals surface area contributed by atoms with Crippen molar-refractivity contribution in [3.05, 3.63) is 100 Å². The zero-order chi connectivity index (χ0) is 27.7. The van der Waals surface area contributed by atoms with Crippen LogP contribution in [0.5, 0.6) is 5.75 Å². The van der Waals surface area contributed by atoms with Gasteiger partial charge in [-0.25, -0.2) is 10.0 Å². The summed E-state index contributed by atoms with van der Waals surface area (Å²) in [5.74, 6) is 2.93. The average molecular weight is 562 g/mol. The first-order valence-electron chi connectivity index (χ1n) is 12.6. The molecule has 1 aliphatic rings. The summed E-state index contributed by atoms with van der Waals surface area (Å²) in [6, 6.07) is 20.9. The lowest BCUT2D eigenvalue weighted by Gasteiger charge is -2.25. The predicted octanol–water partition coefficient (Wildman–Crippen LogP) is 6.35. The number of aliphatic imine (C=N–C) groups is 1. The molecule has 1 aromatic heterocycles. The van der Waals surface area contributed by atoms with E-state index in [0.717, 1.165) is 34.0 Å². The molecular weight excluding hydrogens is 530 g/mol. The Morgan fingerprint density at radius 1 is 1.03 bits per heavy atom. The molecule has 39 heavy (non-hydrogen) atoms. The first-order chi connectivity index (χ1) is 18.6. The number of ether oxygens (including phenoxy) is 1. The van der Waals surface area contributed by atoms with Crippen LogP contribution in [-0.2, 0) is 10.5 Å². The lowest BCUT2D eigenvalue weighted by molar-refractivity contribution is -0.116. The van der Waals surface area contributed by atoms with Crippen molar-refractivity contribution in [3.63, 3.8) is 0 Å². The third kappa shape index (κ3) is 6.02. The van der Waals surface area contributed by atoms with Crippen LogP contribution in [0.3, 0.4) is 0 Å². The second-order valence-electron chi connectivity index (χ2n) is 10.5. The van der Waals surface area contributed by atoms with Crippen molar-refractivity contribution in [2.24, 2.45) is 4.99 Å². The van der Waals surface area contributed by atoms with Gasteiger partial charge in [0.05, 0.1) is 24.9 Å². The van der Waals surface area contributed by atoms with Crippen LogP contribution in [0, 0.1) is 6.92 Å². The van der Waals surface area contributed by atoms with Gasteiger partial charge in [0.1, 0.15) is 17.6 Å². The molecule has 2 heterocycles. The van der Waals surface area contributed by atoms with Crippen LogP contribution in [0.2, 0.25) is 5.02 Å². The van der Waals surface area contributed by atoms with Gasteiger partial charge in [0.2, 0.25) is 5.91 Å². The molecule has 0 spiro atoms. The Bertz CT molecular complexity index is 1540. The minimum absolute atomic E-state index is 0.105. The highest BCUT2D eigenvalue weighted by atomic mass is 35.5. The Kier molecular flexibility index (Phi) is 7.51. The van der Waals surface area contributed by atoms with Gasteiger partial charge in [0.15, 0.2) is 5.82 Å². The van der Waals surface area contributed by atoms with E-state index in [-0.39, 0.29) is 12.3 Å². The van der Waals surface area contributed by atoms with Gasteiger partial charge in [-0.15, -0.1) is 10.2 Å². The van der Waals surface area contributed by atoms with Crippen molar-refractivity contribution >= 4 is 38.9 Å². The van der Waals surface area contributed by atoms with Crippen molar-refractivity contribution in [1.29, 1.82) is 0 Å². The fraction of sp³-hybridized carbons (Fsp3) is 0.267. The Morgan fingerprint density at radius 2 is 1.74 bits per heavy atom. The molecule has 1 atom stereocenters. The molecule has 4 aromatic rings. The molecule has 0 aliphatic carbocycles. The quantitative estimate of drug-likeness (QED) is 0.285. The number of aromatic nitrogens is 3. The van der Waals surface area contributed by atoms with Gasteiger partial charge < -0.3 is 10.1 Å². The number of anilines is 1. The maximum atomic E-state index is 13.3. The maximum absolute atomic E-state index is 13.3. The molecule has 1 amide bonds. The number of hydrogen-bond donors (Lipinski definition) is 1. The highest BCUT2D eigenvalue weighted by Gasteiger charge is 2.30. The number of amides is 1. The second-order valence-corrected chi connectivity index (χ2v) is 15.4. The molecule has 7 nitrogen and oxygen atoms in total. The fourth-order valence-corrected chi connectivity index (χ4v) is 6.07. The van der Waals surface area contributed by atoms with Gasteiger partial charge in [0, 0.05) is 27.6 Å². The summed E-state index contributed by atoms with van der Waals surface area (Å²) in [4.78, 5) is 18.4. The van der Waals surface area contributed by atoms with Crippen molar-refractivity contribution in [3.8, 4) is 11.4 Å². The summed E-state index contributed by atoms with van der Waals surface area (Å²) in [5.41, 5.74) is 5.38. The molecule has 0 saturated heterocycles. The number of carbonyl (C=O) groups is 1. The lowest BCUT2D eigenvalue weighted by Crippen LogP contribution is -2.17. The van der Waals surface area contributed by atoms with Crippen molar-refractivity contribution in [2.75, 3.05) is 31.2 Å². The van der Waals surface area contributed by atoms with Crippen LogP contribution in [0.15, 0.2) is 71.7 Å². The summed E-state index contributed by atoms with van der Waals surface area (Å²) in [7, 11) is 0.984. The summed E-state index contributed by atoms with van der Waals surface area (Å²) >= 11 is 6.19. The van der Waals surface area contributed by atoms with Gasteiger partial charge >= 0.3 is 0 Å². The van der Waals surface area contributed by atoms with Crippen LogP contribution < -0.4 is 10.1 Å². The van der Waals surface area contributed by atoms with E-state index in [4.69, 9.17) is 21.3 Å². The molecule has 9 heteroatoms. The molecule has 0 radical (unpaired) electrons. The summed E-state index contributed by atoms with van der Waals surface area (Å²) in [6.07, 6.45) is 6.99. The first-order valence-corrected chi connectivity index (χ1v) is 16.0. The van der Waals surface area contributed by atoms with E-state index >= 15 is 0 Å². The molecule has 0 saturated carbocycles. The number of benzene rings is 3. The number of halogens is 1. The first kappa shape index (κ1) is 27.0. The van der Waals surface area contributed by atoms with Crippen LogP contribution in [0.25, 0.3) is 5.69 Å². The Hall–Kier alpha value is -3.62. The third-order valence-electron chi connectivity index (χ3n) is 6.47. The number of methoxy groups -OCH3 is 1. The van der Waals surface area contributed by atoms with Crippen molar-refractivity contribution in [1.82, 2.24) is 14.8 Å². The smallest absolute Gasteiger partial charge is 0.227 e. The fourth-order valence-electron chi connectivity index (χ4n) is 4.75. The van der Waals surface area contributed by atoms with E-state index in [1.807, 2.05) is 66.1 Å². The van der Waals surface area contributed by atoms with E-state index in [0.29, 0.717) is 22.4 Å². The number of aryl methyl sites for hydroxylation is 1. The molecule has 1 unspecified atom stereocenters. The Labute approximate surface area is 235 Å². The Balaban J connectivity index is 1.51. The molecule has 1 aliphatic heterocycles. The molecule has 0 fully saturated rings. The van der Waals surface area contributed by atoms with Gasteiger partial charge in [0.25, 0.3) is 0 Å². The summed E-state index contributed by atoms with van der Waals surface area (Å²) in [6.45, 7) is 1.90. The molecule has 202 valence electrons. The number of nitrogens with one attached hydrogen (secondary N) is 1. The SMILES string of the molecule is COc1ccc2c(c1)C(c1ccc(Cl)cc1)=NC(CC(=O)Nc1ccc(CS(C)(C)C)cc1)c1nnc(C)n1-2. The van der Waals surface area contributed by atoms with Crippen molar-refractivity contribution in [2.45, 2.75) is 25.1 Å². The van der Waals surface area contributed by atoms with E-state index in [1.165, 1.54) is 5.56 Å². The number of hydrogen-bond acceptors (Lipinski definition) is 5. The zero-order valence-electron chi connectivity index (χ0n) is 22.7. The average Bonchev–Trinajstić information content (AvgIpc) is 3.22. The summed E-state index contributed by atoms with van der Waals surface area (Å²) in [5, 5.41) is 12.5. The molecular formula is C30H32ClN5O2S. The lowest BCUT2D eigenvalue weighted by atomic mass is 10.00. The number of nitrogens with zero attached hydrogens (tertiary/aromatic N) is 4. The second kappa shape index (κ2) is 10.9. The minimum Gasteiger partial charge on any atom is -0.497 e. The van der Waals surface area contributed by atoms with Gasteiger partial charge in [-0.2, -0.15) is 0 Å². The highest BCUT2D eigenvalue weighted by Crippen LogP contribution is 2.39. The highest BCUT2D eigenvalue weighted by molar-refractivity contribution is 8.31. The molecule has 1 N–H and O–H groups in total. The third-order valence-corrected chi connectivity index (χ3v) is 7.92. The number of rotatable bonds is 7. The van der Waals surface area contributed by atoms with E-state index in [1.54, 1.807) is 7.11 Å². The zero-order valence-corrected chi connectivity index (χ0v) is 24.3. The standard InChI is InChI=1S/C30H32ClN5O2S/c1-19-34-35-30-26(17-28(37)32-23-12-6-20(7-13-23)18-39(3,4)5)33-29(21-8-10-22(31)11-9-21)25-16-24(38-2)14-15-27(25)36(19)30/h6-16,26H,17-18H2,1-5H3,(H,32,37). The van der Waals surface area contributed by atoms with E-state index in [2.05, 4.69) is 46.4 Å². The number of fused-ring (bicyclic) bond motifs is 3. The topological polar surface area (TPSA) is 81.4 Å². The summed E-state index contributed by atoms with van der Waals surface area (Å²) < 4.78 is 7.51. The van der Waals surface area contributed by atoms with Crippen LogP contribution >= 0.6 is 21.6 Å². The van der Waals surface area contributed by atoms with Crippen LogP contribution in [-0.4, -0.2) is 52.3 Å². The number of carbonyl (C=O) groups excluding carboxylic acids is 1. The maximum Gasteiger partial charge on any atom is 0.227 e. The monoisotopic (exact) mass is 561 g/mol. The van der Waals surface area contributed by atoms with E-state index < -0.39 is 16.1 Å². The van der Waals surface area contributed by atoms with Crippen molar-refractivity contribution < 1.29 is 9.53 Å². The van der Waals surface area contributed by atoms with E-state index in [9.17, 15) is 4.79 Å². The minimum atomic E-state index is -0.652. The molecule has 0 bridgehead atoms. The Morgan fingerprint density at radius 3 is 2.41 bits per heavy atom. The van der Waals surface area contributed by atoms with Gasteiger partial charge in [-0.1, -0.05) is 35.9 Å². The van der Waals surface area contributed by atoms with Gasteiger partial charge in [-0.3, -0.25) is 14.4 Å². The largest absolute Gasteiger partial charge is 0.497 e. The van der Waals surface area contributed by atoms with Crippen LogP contribution in [0.4, 0.5) is 5.69 Å². The van der Waals surface area contributed by atoms with Gasteiger partial charge in [-0.05, 0) is 73.7 Å².